The Bertz CT molecular complexity index is 3030. The highest BCUT2D eigenvalue weighted by atomic mass is 79.9. The van der Waals surface area contributed by atoms with Crippen LogP contribution in [0.15, 0.2) is 154 Å². The van der Waals surface area contributed by atoms with E-state index in [0.717, 1.165) is 50.5 Å². The van der Waals surface area contributed by atoms with Crippen LogP contribution < -0.4 is 0 Å². The third-order valence-corrected chi connectivity index (χ3v) is 14.2. The number of furan rings is 1. The molecule has 4 saturated carbocycles. The summed E-state index contributed by atoms with van der Waals surface area (Å²) in [5, 5.41) is 7.35. The second-order valence-corrected chi connectivity index (χ2v) is 17.7. The summed E-state index contributed by atoms with van der Waals surface area (Å²) in [7, 11) is 0. The summed E-state index contributed by atoms with van der Waals surface area (Å²) < 4.78 is 7.49. The molecular formula is C51H38BrN3O. The van der Waals surface area contributed by atoms with Crippen molar-refractivity contribution in [2.75, 3.05) is 0 Å². The molecule has 0 saturated heterocycles. The van der Waals surface area contributed by atoms with Crippen molar-refractivity contribution in [1.29, 1.82) is 0 Å². The van der Waals surface area contributed by atoms with Crippen molar-refractivity contribution in [2.45, 2.75) is 49.4 Å². The average molecular weight is 789 g/mol. The Labute approximate surface area is 333 Å². The predicted molar refractivity (Wildman–Crippen MR) is 231 cm³/mol. The molecule has 0 aliphatic heterocycles. The number of hydrogen-bond donors (Lipinski definition) is 0. The van der Waals surface area contributed by atoms with Gasteiger partial charge in [0.2, 0.25) is 0 Å². The van der Waals surface area contributed by atoms with E-state index in [1.807, 2.05) is 42.5 Å². The molecule has 5 heteroatoms. The molecule has 4 fully saturated rings. The molecular weight excluding hydrogens is 750 g/mol. The second-order valence-electron chi connectivity index (χ2n) is 16.8. The van der Waals surface area contributed by atoms with Gasteiger partial charge in [-0.25, -0.2) is 15.0 Å². The van der Waals surface area contributed by atoms with Crippen LogP contribution in [-0.4, -0.2) is 15.0 Å². The van der Waals surface area contributed by atoms with E-state index >= 15 is 0 Å². The molecule has 2 heterocycles. The van der Waals surface area contributed by atoms with Crippen LogP contribution in [0.2, 0.25) is 0 Å². The lowest BCUT2D eigenvalue weighted by molar-refractivity contribution is -0.0268. The Balaban J connectivity index is 1.04. The minimum atomic E-state index is 0.119. The van der Waals surface area contributed by atoms with E-state index < -0.39 is 0 Å². The number of halogens is 1. The van der Waals surface area contributed by atoms with E-state index in [1.54, 1.807) is 5.56 Å². The fraction of sp³-hybridized carbons (Fsp3) is 0.196. The normalized spacial score (nSPS) is 22.8. The first kappa shape index (κ1) is 32.6. The van der Waals surface area contributed by atoms with Gasteiger partial charge in [-0.1, -0.05) is 143 Å². The zero-order valence-corrected chi connectivity index (χ0v) is 32.5. The van der Waals surface area contributed by atoms with E-state index in [0.29, 0.717) is 17.5 Å². The van der Waals surface area contributed by atoms with Crippen LogP contribution in [0.4, 0.5) is 0 Å². The molecule has 0 spiro atoms. The third kappa shape index (κ3) is 4.86. The van der Waals surface area contributed by atoms with Gasteiger partial charge in [0.05, 0.1) is 0 Å². The Morgan fingerprint density at radius 1 is 0.464 bits per heavy atom. The highest BCUT2D eigenvalue weighted by molar-refractivity contribution is 9.10. The lowest BCUT2D eigenvalue weighted by Crippen LogP contribution is -2.56. The third-order valence-electron chi connectivity index (χ3n) is 13.6. The zero-order valence-electron chi connectivity index (χ0n) is 30.9. The van der Waals surface area contributed by atoms with Gasteiger partial charge >= 0.3 is 0 Å². The van der Waals surface area contributed by atoms with E-state index in [2.05, 4.69) is 119 Å². The van der Waals surface area contributed by atoms with E-state index in [1.165, 1.54) is 70.1 Å². The Hall–Kier alpha value is -5.65. The molecule has 4 nitrogen and oxygen atoms in total. The predicted octanol–water partition coefficient (Wildman–Crippen LogP) is 13.6. The molecule has 2 unspecified atom stereocenters. The molecule has 2 aromatic heterocycles. The molecule has 4 bridgehead atoms. The number of aromatic nitrogens is 3. The van der Waals surface area contributed by atoms with Gasteiger partial charge in [0.1, 0.15) is 11.2 Å². The van der Waals surface area contributed by atoms with Gasteiger partial charge in [0, 0.05) is 31.9 Å². The Morgan fingerprint density at radius 3 is 1.75 bits per heavy atom. The summed E-state index contributed by atoms with van der Waals surface area (Å²) in [6.45, 7) is 0. The van der Waals surface area contributed by atoms with Crippen LogP contribution in [0, 0.1) is 11.8 Å². The first-order chi connectivity index (χ1) is 27.5. The van der Waals surface area contributed by atoms with Crippen LogP contribution >= 0.6 is 15.9 Å². The van der Waals surface area contributed by atoms with Gasteiger partial charge in [-0.05, 0) is 112 Å². The Morgan fingerprint density at radius 2 is 1.02 bits per heavy atom. The molecule has 0 radical (unpaired) electrons. The highest BCUT2D eigenvalue weighted by Crippen LogP contribution is 2.67. The number of rotatable bonds is 5. The largest absolute Gasteiger partial charge is 0.456 e. The van der Waals surface area contributed by atoms with Gasteiger partial charge in [-0.15, -0.1) is 0 Å². The molecule has 4 aliphatic rings. The molecule has 0 N–H and O–H groups in total. The van der Waals surface area contributed by atoms with Gasteiger partial charge in [0.15, 0.2) is 17.5 Å². The molecule has 0 amide bonds. The lowest BCUT2D eigenvalue weighted by atomic mass is 9.41. The molecule has 13 rings (SSSR count). The minimum Gasteiger partial charge on any atom is -0.456 e. The number of fused-ring (bicyclic) bond motifs is 5. The summed E-state index contributed by atoms with van der Waals surface area (Å²) in [6, 6.07) is 52.2. The van der Waals surface area contributed by atoms with Crippen molar-refractivity contribution in [3.63, 3.8) is 0 Å². The molecule has 4 aliphatic carbocycles. The maximum absolute atomic E-state index is 6.30. The summed E-state index contributed by atoms with van der Waals surface area (Å²) >= 11 is 3.88. The van der Waals surface area contributed by atoms with Crippen LogP contribution in [0.5, 0.6) is 0 Å². The van der Waals surface area contributed by atoms with Crippen LogP contribution in [0.1, 0.15) is 49.7 Å². The van der Waals surface area contributed by atoms with Gasteiger partial charge in [-0.3, -0.25) is 0 Å². The smallest absolute Gasteiger partial charge is 0.164 e. The topological polar surface area (TPSA) is 51.8 Å². The second kappa shape index (κ2) is 12.2. The SMILES string of the molecule is Brc1ccc(C23CC4CC(C2)CC(c2ccc(-c5nc(-c6ccccc6)nc(-c6cccc7oc8ccccc8c67)n5)c5ccccc25)(C4)C3)c2ccccc12. The van der Waals surface area contributed by atoms with Crippen LogP contribution in [0.25, 0.3) is 77.6 Å². The van der Waals surface area contributed by atoms with Gasteiger partial charge in [0.25, 0.3) is 0 Å². The van der Waals surface area contributed by atoms with E-state index in [9.17, 15) is 0 Å². The van der Waals surface area contributed by atoms with Crippen molar-refractivity contribution < 1.29 is 4.42 Å². The lowest BCUT2D eigenvalue weighted by Gasteiger charge is -2.63. The van der Waals surface area contributed by atoms with Crippen LogP contribution in [0.3, 0.4) is 0 Å². The van der Waals surface area contributed by atoms with Gasteiger partial charge < -0.3 is 4.42 Å². The molecule has 7 aromatic carbocycles. The fourth-order valence-electron chi connectivity index (χ4n) is 11.9. The fourth-order valence-corrected chi connectivity index (χ4v) is 12.3. The molecule has 270 valence electrons. The maximum Gasteiger partial charge on any atom is 0.164 e. The van der Waals surface area contributed by atoms with Crippen molar-refractivity contribution in [1.82, 2.24) is 15.0 Å². The zero-order chi connectivity index (χ0) is 37.0. The summed E-state index contributed by atoms with van der Waals surface area (Å²) in [5.41, 5.74) is 7.97. The summed E-state index contributed by atoms with van der Waals surface area (Å²) in [5.74, 6) is 3.46. The number of hydrogen-bond acceptors (Lipinski definition) is 4. The molecule has 9 aromatic rings. The summed E-state index contributed by atoms with van der Waals surface area (Å²) in [6.07, 6.45) is 7.67. The number of benzene rings is 7. The molecule has 56 heavy (non-hydrogen) atoms. The van der Waals surface area contributed by atoms with Crippen molar-refractivity contribution in [3.8, 4) is 34.2 Å². The maximum atomic E-state index is 6.30. The molecule has 2 atom stereocenters. The monoisotopic (exact) mass is 787 g/mol. The van der Waals surface area contributed by atoms with Crippen molar-refractivity contribution in [3.05, 3.63) is 161 Å². The van der Waals surface area contributed by atoms with Gasteiger partial charge in [-0.2, -0.15) is 0 Å². The standard InChI is InChI=1S/C51H38BrN3O/c52-43-24-23-42(36-15-6-7-16-37(36)43)51-28-31-25-32(29-51)27-50(26-31,30-51)41-22-21-38(34-13-4-5-14-35(34)41)48-53-47(33-11-2-1-3-12-33)54-49(55-48)40-18-10-20-45-46(40)39-17-8-9-19-44(39)56-45/h1-24,31-32H,25-30H2. The van der Waals surface area contributed by atoms with Crippen molar-refractivity contribution >= 4 is 59.4 Å². The van der Waals surface area contributed by atoms with Crippen LogP contribution in [-0.2, 0) is 10.8 Å². The average Bonchev–Trinajstić information content (AvgIpc) is 3.62. The number of para-hydroxylation sites is 1. The quantitative estimate of drug-likeness (QED) is 0.174. The number of nitrogens with zero attached hydrogens (tertiary/aromatic N) is 3. The van der Waals surface area contributed by atoms with E-state index in [-0.39, 0.29) is 10.8 Å². The van der Waals surface area contributed by atoms with Crippen molar-refractivity contribution in [2.24, 2.45) is 11.8 Å². The highest BCUT2D eigenvalue weighted by Gasteiger charge is 2.59. The first-order valence-electron chi connectivity index (χ1n) is 20.0. The first-order valence-corrected chi connectivity index (χ1v) is 20.8. The summed E-state index contributed by atoms with van der Waals surface area (Å²) in [4.78, 5) is 15.7. The Kier molecular flexibility index (Phi) is 7.08. The minimum absolute atomic E-state index is 0.119. The van der Waals surface area contributed by atoms with E-state index in [4.69, 9.17) is 19.4 Å².